The van der Waals surface area contributed by atoms with Crippen molar-refractivity contribution >= 4 is 25.6 Å². The Hall–Kier alpha value is -1.35. The van der Waals surface area contributed by atoms with Crippen LogP contribution in [0.15, 0.2) is 17.0 Å². The Morgan fingerprint density at radius 3 is 2.35 bits per heavy atom. The van der Waals surface area contributed by atoms with Crippen molar-refractivity contribution in [2.24, 2.45) is 0 Å². The molecule has 0 spiro atoms. The van der Waals surface area contributed by atoms with Crippen LogP contribution in [0.25, 0.3) is 0 Å². The van der Waals surface area contributed by atoms with Gasteiger partial charge in [0.1, 0.15) is 12.4 Å². The van der Waals surface area contributed by atoms with Crippen molar-refractivity contribution in [2.75, 3.05) is 6.54 Å². The molecule has 0 heterocycles. The maximum Gasteiger partial charge on any atom is 0.405 e. The van der Waals surface area contributed by atoms with Crippen molar-refractivity contribution in [1.29, 1.82) is 0 Å². The first-order valence-corrected chi connectivity index (χ1v) is 7.32. The molecule has 1 aromatic carbocycles. The van der Waals surface area contributed by atoms with Gasteiger partial charge >= 0.3 is 6.18 Å². The van der Waals surface area contributed by atoms with E-state index in [2.05, 4.69) is 0 Å². The summed E-state index contributed by atoms with van der Waals surface area (Å²) in [7, 11) is 0.731. The minimum absolute atomic E-state index is 0.235. The molecule has 0 radical (unpaired) electrons. The summed E-state index contributed by atoms with van der Waals surface area (Å²) in [6, 6.07) is 1.21. The Morgan fingerprint density at radius 2 is 1.90 bits per heavy atom. The van der Waals surface area contributed by atoms with E-state index in [4.69, 9.17) is 10.7 Å². The van der Waals surface area contributed by atoms with Crippen molar-refractivity contribution in [3.05, 3.63) is 29.1 Å². The molecule has 1 N–H and O–H groups in total. The molecule has 1 amide bonds. The molecule has 1 aromatic rings. The highest BCUT2D eigenvalue weighted by atomic mass is 35.7. The van der Waals surface area contributed by atoms with E-state index in [1.807, 2.05) is 0 Å². The number of alkyl halides is 3. The van der Waals surface area contributed by atoms with Gasteiger partial charge in [-0.05, 0) is 24.6 Å². The Kier molecular flexibility index (Phi) is 4.65. The highest BCUT2D eigenvalue weighted by Crippen LogP contribution is 2.24. The maximum absolute atomic E-state index is 13.2. The summed E-state index contributed by atoms with van der Waals surface area (Å²) in [5.74, 6) is -2.35. The van der Waals surface area contributed by atoms with E-state index < -0.39 is 44.0 Å². The van der Waals surface area contributed by atoms with Gasteiger partial charge in [0.15, 0.2) is 0 Å². The third-order valence-corrected chi connectivity index (χ3v) is 3.73. The lowest BCUT2D eigenvalue weighted by Crippen LogP contribution is -2.34. The second kappa shape index (κ2) is 5.57. The summed E-state index contributed by atoms with van der Waals surface area (Å²) in [6.45, 7) is -0.484. The molecule has 0 saturated carbocycles. The predicted molar refractivity (Wildman–Crippen MR) is 62.6 cm³/mol. The number of carbonyl (C=O) groups excluding carboxylic acids is 1. The molecule has 0 fully saturated rings. The van der Waals surface area contributed by atoms with E-state index in [1.165, 1.54) is 5.32 Å². The average Bonchev–Trinajstić information content (AvgIpc) is 2.26. The Bertz CT molecular complexity index is 643. The molecule has 0 aromatic heterocycles. The average molecular weight is 334 g/mol. The van der Waals surface area contributed by atoms with Gasteiger partial charge in [0.2, 0.25) is 0 Å². The summed E-state index contributed by atoms with van der Waals surface area (Å²) >= 11 is 0. The number of rotatable bonds is 3. The monoisotopic (exact) mass is 333 g/mol. The lowest BCUT2D eigenvalue weighted by molar-refractivity contribution is -0.123. The number of nitrogens with one attached hydrogen (secondary N) is 1. The second-order valence-corrected chi connectivity index (χ2v) is 6.35. The quantitative estimate of drug-likeness (QED) is 0.682. The summed E-state index contributed by atoms with van der Waals surface area (Å²) in [6.07, 6.45) is -4.64. The van der Waals surface area contributed by atoms with Crippen molar-refractivity contribution in [3.63, 3.8) is 0 Å². The van der Waals surface area contributed by atoms with Gasteiger partial charge in [0.05, 0.1) is 4.90 Å². The van der Waals surface area contributed by atoms with E-state index in [0.717, 1.165) is 6.92 Å². The van der Waals surface area contributed by atoms with Crippen molar-refractivity contribution in [1.82, 2.24) is 5.32 Å². The predicted octanol–water partition coefficient (Wildman–Crippen LogP) is 2.35. The molecule has 0 atom stereocenters. The third-order valence-electron chi connectivity index (χ3n) is 2.28. The third kappa shape index (κ3) is 4.34. The van der Waals surface area contributed by atoms with Crippen LogP contribution in [0.3, 0.4) is 0 Å². The highest BCUT2D eigenvalue weighted by molar-refractivity contribution is 8.13. The molecule has 0 aliphatic heterocycles. The SMILES string of the molecule is Cc1c(C(=O)NCC(F)(F)F)cc(F)cc1S(=O)(=O)Cl. The van der Waals surface area contributed by atoms with E-state index in [0.29, 0.717) is 12.1 Å². The minimum atomic E-state index is -4.64. The molecular weight excluding hydrogens is 326 g/mol. The lowest BCUT2D eigenvalue weighted by Gasteiger charge is -2.12. The fourth-order valence-electron chi connectivity index (χ4n) is 1.42. The molecule has 0 bridgehead atoms. The maximum atomic E-state index is 13.2. The van der Waals surface area contributed by atoms with Gasteiger partial charge in [0, 0.05) is 16.2 Å². The normalized spacial score (nSPS) is 12.3. The summed E-state index contributed by atoms with van der Waals surface area (Å²) < 4.78 is 71.5. The van der Waals surface area contributed by atoms with Gasteiger partial charge in [-0.3, -0.25) is 4.79 Å². The number of carbonyl (C=O) groups is 1. The number of benzene rings is 1. The number of halogens is 5. The topological polar surface area (TPSA) is 63.2 Å². The molecule has 4 nitrogen and oxygen atoms in total. The number of amides is 1. The molecule has 10 heteroatoms. The summed E-state index contributed by atoms with van der Waals surface area (Å²) in [5, 5.41) is 1.52. The van der Waals surface area contributed by atoms with Gasteiger partial charge in [-0.15, -0.1) is 0 Å². The fourth-order valence-corrected chi connectivity index (χ4v) is 2.63. The highest BCUT2D eigenvalue weighted by Gasteiger charge is 2.29. The summed E-state index contributed by atoms with van der Waals surface area (Å²) in [4.78, 5) is 10.9. The molecule has 112 valence electrons. The van der Waals surface area contributed by atoms with Crippen LogP contribution < -0.4 is 5.32 Å². The lowest BCUT2D eigenvalue weighted by atomic mass is 10.1. The fraction of sp³-hybridized carbons (Fsp3) is 0.300. The zero-order valence-electron chi connectivity index (χ0n) is 9.88. The van der Waals surface area contributed by atoms with Crippen molar-refractivity contribution in [2.45, 2.75) is 18.0 Å². The van der Waals surface area contributed by atoms with Gasteiger partial charge < -0.3 is 5.32 Å². The largest absolute Gasteiger partial charge is 0.405 e. The minimum Gasteiger partial charge on any atom is -0.343 e. The van der Waals surface area contributed by atoms with Crippen LogP contribution in [-0.2, 0) is 9.05 Å². The van der Waals surface area contributed by atoms with Crippen LogP contribution in [0.4, 0.5) is 17.6 Å². The van der Waals surface area contributed by atoms with Gasteiger partial charge in [-0.25, -0.2) is 12.8 Å². The van der Waals surface area contributed by atoms with Crippen LogP contribution in [0.2, 0.25) is 0 Å². The molecule has 0 unspecified atom stereocenters. The van der Waals surface area contributed by atoms with Crippen LogP contribution in [-0.4, -0.2) is 27.0 Å². The van der Waals surface area contributed by atoms with E-state index in [1.54, 1.807) is 0 Å². The van der Waals surface area contributed by atoms with Crippen molar-refractivity contribution in [3.8, 4) is 0 Å². The van der Waals surface area contributed by atoms with Crippen LogP contribution in [0, 0.1) is 12.7 Å². The van der Waals surface area contributed by atoms with Gasteiger partial charge in [-0.1, -0.05) is 0 Å². The Morgan fingerprint density at radius 1 is 1.35 bits per heavy atom. The first-order valence-electron chi connectivity index (χ1n) is 5.01. The molecule has 0 aliphatic carbocycles. The second-order valence-electron chi connectivity index (χ2n) is 3.81. The molecule has 0 aliphatic rings. The van der Waals surface area contributed by atoms with Gasteiger partial charge in [0.25, 0.3) is 15.0 Å². The van der Waals surface area contributed by atoms with E-state index >= 15 is 0 Å². The molecule has 0 saturated heterocycles. The number of hydrogen-bond acceptors (Lipinski definition) is 3. The van der Waals surface area contributed by atoms with E-state index in [9.17, 15) is 30.8 Å². The van der Waals surface area contributed by atoms with Crippen molar-refractivity contribution < 1.29 is 30.8 Å². The number of hydrogen-bond donors (Lipinski definition) is 1. The standard InChI is InChI=1S/C10H8ClF4NO3S/c1-5-7(9(17)16-4-10(13,14)15)2-6(12)3-8(5)20(11,18)19/h2-3H,4H2,1H3,(H,16,17). The van der Waals surface area contributed by atoms with Crippen LogP contribution in [0.1, 0.15) is 15.9 Å². The van der Waals surface area contributed by atoms with Crippen LogP contribution in [0.5, 0.6) is 0 Å². The van der Waals surface area contributed by atoms with Gasteiger partial charge in [-0.2, -0.15) is 13.2 Å². The first-order chi connectivity index (χ1) is 8.92. The molecular formula is C10H8ClF4NO3S. The Labute approximate surface area is 116 Å². The Balaban J connectivity index is 3.20. The van der Waals surface area contributed by atoms with Crippen LogP contribution >= 0.6 is 10.7 Å². The zero-order chi connectivity index (χ0) is 15.7. The molecule has 1 rings (SSSR count). The van der Waals surface area contributed by atoms with E-state index in [-0.39, 0.29) is 5.56 Å². The zero-order valence-corrected chi connectivity index (χ0v) is 11.5. The first kappa shape index (κ1) is 16.7. The molecule has 20 heavy (non-hydrogen) atoms. The smallest absolute Gasteiger partial charge is 0.343 e. The summed E-state index contributed by atoms with van der Waals surface area (Å²) in [5.41, 5.74) is -0.769.